The van der Waals surface area contributed by atoms with E-state index in [1.807, 2.05) is 18.2 Å². The molecule has 1 saturated heterocycles. The van der Waals surface area contributed by atoms with Crippen molar-refractivity contribution in [3.8, 4) is 0 Å². The Balaban J connectivity index is 1.18. The van der Waals surface area contributed by atoms with Crippen LogP contribution in [0.4, 0.5) is 5.95 Å². The molecule has 152 valence electrons. The van der Waals surface area contributed by atoms with Crippen molar-refractivity contribution in [3.05, 3.63) is 82.6 Å². The van der Waals surface area contributed by atoms with Gasteiger partial charge in [-0.1, -0.05) is 54.6 Å². The molecule has 0 unspecified atom stereocenters. The van der Waals surface area contributed by atoms with Crippen molar-refractivity contribution in [2.45, 2.75) is 19.4 Å². The number of anilines is 1. The van der Waals surface area contributed by atoms with Gasteiger partial charge in [0.15, 0.2) is 0 Å². The molecule has 1 aliphatic rings. The summed E-state index contributed by atoms with van der Waals surface area (Å²) in [5, 5.41) is 6.65. The van der Waals surface area contributed by atoms with Crippen LogP contribution in [0, 0.1) is 5.92 Å². The molecule has 4 aromatic rings. The number of hydrogen-bond donors (Lipinski definition) is 2. The number of hydrogen-bond acceptors (Lipinski definition) is 4. The summed E-state index contributed by atoms with van der Waals surface area (Å²) in [7, 11) is 0. The first-order chi connectivity index (χ1) is 14.8. The lowest BCUT2D eigenvalue weighted by Gasteiger charge is -2.32. The average molecular weight is 399 g/mol. The minimum atomic E-state index is -0.184. The van der Waals surface area contributed by atoms with E-state index in [0.29, 0.717) is 17.3 Å². The number of H-pyrrole nitrogens is 1. The summed E-state index contributed by atoms with van der Waals surface area (Å²) in [4.78, 5) is 22.1. The summed E-state index contributed by atoms with van der Waals surface area (Å²) in [6.07, 6.45) is 2.30. The summed E-state index contributed by atoms with van der Waals surface area (Å²) in [6.45, 7) is 4.03. The van der Waals surface area contributed by atoms with Crippen molar-refractivity contribution < 1.29 is 0 Å². The van der Waals surface area contributed by atoms with Crippen molar-refractivity contribution in [1.29, 1.82) is 0 Å². The van der Waals surface area contributed by atoms with Crippen LogP contribution in [-0.4, -0.2) is 34.5 Å². The van der Waals surface area contributed by atoms with Gasteiger partial charge >= 0.3 is 0 Å². The monoisotopic (exact) mass is 398 g/mol. The topological polar surface area (TPSA) is 61.0 Å². The number of nitrogens with zero attached hydrogens (tertiary/aromatic N) is 2. The highest BCUT2D eigenvalue weighted by Crippen LogP contribution is 2.23. The number of nitrogens with one attached hydrogen (secondary N) is 2. The third-order valence-electron chi connectivity index (χ3n) is 6.16. The highest BCUT2D eigenvalue weighted by atomic mass is 16.1. The molecule has 0 radical (unpaired) electrons. The maximum atomic E-state index is 12.2. The molecule has 5 rings (SSSR count). The molecule has 0 bridgehead atoms. The van der Waals surface area contributed by atoms with E-state index in [-0.39, 0.29) is 5.56 Å². The third kappa shape index (κ3) is 3.94. The number of benzene rings is 3. The van der Waals surface area contributed by atoms with Crippen molar-refractivity contribution in [3.63, 3.8) is 0 Å². The predicted octanol–water partition coefficient (Wildman–Crippen LogP) is 4.40. The smallest absolute Gasteiger partial charge is 0.282 e. The molecule has 3 aromatic carbocycles. The molecule has 1 aromatic heterocycles. The zero-order valence-electron chi connectivity index (χ0n) is 17.0. The van der Waals surface area contributed by atoms with Crippen molar-refractivity contribution in [2.75, 3.05) is 25.0 Å². The summed E-state index contributed by atoms with van der Waals surface area (Å²) >= 11 is 0. The molecule has 1 aliphatic heterocycles. The first-order valence-electron chi connectivity index (χ1n) is 10.7. The van der Waals surface area contributed by atoms with Crippen LogP contribution in [0.1, 0.15) is 18.4 Å². The maximum Gasteiger partial charge on any atom is 0.282 e. The van der Waals surface area contributed by atoms with Gasteiger partial charge in [0.05, 0.1) is 10.9 Å². The van der Waals surface area contributed by atoms with Gasteiger partial charge in [-0.3, -0.25) is 9.69 Å². The van der Waals surface area contributed by atoms with Crippen LogP contribution >= 0.6 is 0 Å². The van der Waals surface area contributed by atoms with Gasteiger partial charge in [-0.25, -0.2) is 0 Å². The fourth-order valence-electron chi connectivity index (χ4n) is 4.44. The highest BCUT2D eigenvalue weighted by Gasteiger charge is 2.20. The Hall–Kier alpha value is -3.18. The summed E-state index contributed by atoms with van der Waals surface area (Å²) in [6, 6.07) is 22.7. The van der Waals surface area contributed by atoms with Crippen LogP contribution in [0.25, 0.3) is 21.7 Å². The number of aromatic nitrogens is 2. The molecule has 0 saturated carbocycles. The van der Waals surface area contributed by atoms with E-state index < -0.39 is 0 Å². The zero-order valence-corrected chi connectivity index (χ0v) is 17.0. The average Bonchev–Trinajstić information content (AvgIpc) is 2.79. The molecule has 0 atom stereocenters. The van der Waals surface area contributed by atoms with Gasteiger partial charge in [-0.15, -0.1) is 0 Å². The van der Waals surface area contributed by atoms with E-state index in [1.54, 1.807) is 6.07 Å². The van der Waals surface area contributed by atoms with Gasteiger partial charge in [-0.2, -0.15) is 4.98 Å². The fraction of sp³-hybridized carbons (Fsp3) is 0.280. The Labute approximate surface area is 175 Å². The summed E-state index contributed by atoms with van der Waals surface area (Å²) < 4.78 is 0. The second-order valence-electron chi connectivity index (χ2n) is 8.17. The lowest BCUT2D eigenvalue weighted by Crippen LogP contribution is -2.35. The maximum absolute atomic E-state index is 12.2. The zero-order chi connectivity index (χ0) is 20.3. The van der Waals surface area contributed by atoms with Gasteiger partial charge in [0, 0.05) is 13.1 Å². The van der Waals surface area contributed by atoms with Crippen LogP contribution in [0.3, 0.4) is 0 Å². The predicted molar refractivity (Wildman–Crippen MR) is 123 cm³/mol. The normalized spacial score (nSPS) is 15.6. The second-order valence-corrected chi connectivity index (χ2v) is 8.17. The van der Waals surface area contributed by atoms with E-state index in [4.69, 9.17) is 0 Å². The third-order valence-corrected chi connectivity index (χ3v) is 6.16. The van der Waals surface area contributed by atoms with Crippen LogP contribution in [0.5, 0.6) is 0 Å². The SMILES string of the molecule is O=c1nc(NCC2CCN(Cc3cccc4ccccc34)CC2)[nH]c2ccccc12. The number of para-hydroxylation sites is 1. The molecule has 1 fully saturated rings. The number of likely N-dealkylation sites (tertiary alicyclic amines) is 1. The minimum Gasteiger partial charge on any atom is -0.355 e. The van der Waals surface area contributed by atoms with Crippen LogP contribution in [0.2, 0.25) is 0 Å². The molecule has 0 aliphatic carbocycles. The molecule has 5 nitrogen and oxygen atoms in total. The number of aromatic amines is 1. The second kappa shape index (κ2) is 8.28. The standard InChI is InChI=1S/C25H26N4O/c30-24-22-10-3-4-11-23(22)27-25(28-24)26-16-18-12-14-29(15-13-18)17-20-8-5-7-19-6-1-2-9-21(19)20/h1-11,18H,12-17H2,(H2,26,27,28,30). The van der Waals surface area contributed by atoms with Crippen LogP contribution < -0.4 is 10.9 Å². The summed E-state index contributed by atoms with van der Waals surface area (Å²) in [5.41, 5.74) is 2.05. The fourth-order valence-corrected chi connectivity index (χ4v) is 4.44. The molecule has 0 amide bonds. The largest absolute Gasteiger partial charge is 0.355 e. The molecular formula is C25H26N4O. The molecule has 0 spiro atoms. The number of piperidine rings is 1. The summed E-state index contributed by atoms with van der Waals surface area (Å²) in [5.74, 6) is 1.16. The minimum absolute atomic E-state index is 0.184. The van der Waals surface area contributed by atoms with Crippen molar-refractivity contribution in [2.24, 2.45) is 5.92 Å². The van der Waals surface area contributed by atoms with E-state index in [9.17, 15) is 4.79 Å². The first kappa shape index (κ1) is 18.8. The van der Waals surface area contributed by atoms with Gasteiger partial charge in [0.1, 0.15) is 0 Å². The molecular weight excluding hydrogens is 372 g/mol. The Morgan fingerprint density at radius 2 is 1.67 bits per heavy atom. The lowest BCUT2D eigenvalue weighted by atomic mass is 9.96. The molecule has 2 N–H and O–H groups in total. The first-order valence-corrected chi connectivity index (χ1v) is 10.7. The Kier molecular flexibility index (Phi) is 5.20. The highest BCUT2D eigenvalue weighted by molar-refractivity contribution is 5.85. The molecule has 2 heterocycles. The molecule has 30 heavy (non-hydrogen) atoms. The number of fused-ring (bicyclic) bond motifs is 2. The number of rotatable bonds is 5. The Morgan fingerprint density at radius 1 is 0.933 bits per heavy atom. The van der Waals surface area contributed by atoms with Gasteiger partial charge < -0.3 is 10.3 Å². The van der Waals surface area contributed by atoms with E-state index in [2.05, 4.69) is 62.6 Å². The van der Waals surface area contributed by atoms with Crippen molar-refractivity contribution >= 4 is 27.6 Å². The quantitative estimate of drug-likeness (QED) is 0.523. The van der Waals surface area contributed by atoms with Crippen LogP contribution in [-0.2, 0) is 6.54 Å². The Morgan fingerprint density at radius 3 is 2.53 bits per heavy atom. The van der Waals surface area contributed by atoms with Crippen LogP contribution in [0.15, 0.2) is 71.5 Å². The van der Waals surface area contributed by atoms with E-state index >= 15 is 0 Å². The van der Waals surface area contributed by atoms with Gasteiger partial charge in [0.2, 0.25) is 5.95 Å². The van der Waals surface area contributed by atoms with E-state index in [0.717, 1.165) is 44.5 Å². The Bertz CT molecular complexity index is 1220. The van der Waals surface area contributed by atoms with E-state index in [1.165, 1.54) is 16.3 Å². The van der Waals surface area contributed by atoms with Crippen molar-refractivity contribution in [1.82, 2.24) is 14.9 Å². The van der Waals surface area contributed by atoms with Gasteiger partial charge in [0.25, 0.3) is 5.56 Å². The van der Waals surface area contributed by atoms with Gasteiger partial charge in [-0.05, 0) is 60.3 Å². The molecule has 5 heteroatoms. The lowest BCUT2D eigenvalue weighted by molar-refractivity contribution is 0.183.